The van der Waals surface area contributed by atoms with Gasteiger partial charge in [-0.2, -0.15) is 0 Å². The molecule has 0 radical (unpaired) electrons. The van der Waals surface area contributed by atoms with E-state index in [1.807, 2.05) is 0 Å². The Labute approximate surface area is 85.6 Å². The van der Waals surface area contributed by atoms with Crippen LogP contribution in [0.3, 0.4) is 0 Å². The molecule has 0 aliphatic heterocycles. The van der Waals surface area contributed by atoms with E-state index >= 15 is 0 Å². The van der Waals surface area contributed by atoms with Gasteiger partial charge in [0.2, 0.25) is 0 Å². The van der Waals surface area contributed by atoms with E-state index in [1.165, 1.54) is 7.11 Å². The Kier molecular flexibility index (Phi) is 11.3. The fraction of sp³-hybridized carbons (Fsp3) is 0.667. The molecular formula is C9H22O2Si2. The molecule has 0 aromatic carbocycles. The van der Waals surface area contributed by atoms with Crippen LogP contribution in [0.15, 0.2) is 12.7 Å². The van der Waals surface area contributed by atoms with E-state index in [0.29, 0.717) is 9.04 Å². The van der Waals surface area contributed by atoms with Crippen LogP contribution in [0.25, 0.3) is 0 Å². The summed E-state index contributed by atoms with van der Waals surface area (Å²) in [5.41, 5.74) is 1.08. The molecule has 2 nitrogen and oxygen atoms in total. The molecule has 0 aromatic heterocycles. The average molecular weight is 218 g/mol. The van der Waals surface area contributed by atoms with Gasteiger partial charge >= 0.3 is 5.97 Å². The van der Waals surface area contributed by atoms with Crippen LogP contribution in [0.4, 0.5) is 0 Å². The Morgan fingerprint density at radius 3 is 2.00 bits per heavy atom. The topological polar surface area (TPSA) is 26.3 Å². The van der Waals surface area contributed by atoms with E-state index in [0.717, 1.165) is 11.6 Å². The summed E-state index contributed by atoms with van der Waals surface area (Å²) >= 11 is 0. The van der Waals surface area contributed by atoms with E-state index in [-0.39, 0.29) is 8.31 Å². The van der Waals surface area contributed by atoms with Crippen molar-refractivity contribution in [3.63, 3.8) is 0 Å². The van der Waals surface area contributed by atoms with E-state index < -0.39 is 5.97 Å². The van der Waals surface area contributed by atoms with E-state index in [1.54, 1.807) is 0 Å². The second kappa shape index (κ2) is 9.73. The van der Waals surface area contributed by atoms with Gasteiger partial charge in [0.15, 0.2) is 0 Å². The highest BCUT2D eigenvalue weighted by Gasteiger charge is 1.98. The van der Waals surface area contributed by atoms with Crippen LogP contribution in [0, 0.1) is 0 Å². The average Bonchev–Trinajstić information content (AvgIpc) is 2.01. The maximum absolute atomic E-state index is 9.84. The Morgan fingerprint density at radius 1 is 1.54 bits per heavy atom. The van der Waals surface area contributed by atoms with Crippen LogP contribution in [0.1, 0.15) is 13.8 Å². The highest BCUT2D eigenvalue weighted by Crippen LogP contribution is 1.97. The Bertz CT molecular complexity index is 139. The summed E-state index contributed by atoms with van der Waals surface area (Å²) in [5, 5.41) is 0. The van der Waals surface area contributed by atoms with E-state index in [2.05, 4.69) is 38.3 Å². The zero-order valence-corrected chi connectivity index (χ0v) is 12.0. The van der Waals surface area contributed by atoms with Crippen LogP contribution in [0.5, 0.6) is 0 Å². The molecular weight excluding hydrogens is 196 g/mol. The van der Waals surface area contributed by atoms with Crippen molar-refractivity contribution in [2.75, 3.05) is 7.11 Å². The first-order valence-electron chi connectivity index (χ1n) is 4.64. The molecule has 0 amide bonds. The molecule has 0 aliphatic rings. The lowest BCUT2D eigenvalue weighted by Crippen LogP contribution is -2.14. The summed E-state index contributed by atoms with van der Waals surface area (Å²) in [5.74, 6) is -0.394. The Hall–Kier alpha value is -0.356. The Balaban J connectivity index is 0. The quantitative estimate of drug-likeness (QED) is 0.406. The summed E-state index contributed by atoms with van der Waals surface area (Å²) in [7, 11) is 1.64. The Morgan fingerprint density at radius 2 is 2.00 bits per heavy atom. The lowest BCUT2D eigenvalue weighted by Gasteiger charge is -2.02. The zero-order valence-electron chi connectivity index (χ0n) is 9.46. The fourth-order valence-corrected chi connectivity index (χ4v) is 8.57. The van der Waals surface area contributed by atoms with Crippen molar-refractivity contribution in [2.45, 2.75) is 32.5 Å². The maximum atomic E-state index is 9.84. The molecule has 0 fully saturated rings. The number of hydrogen-bond donors (Lipinski definition) is 0. The summed E-state index contributed by atoms with van der Waals surface area (Å²) in [4.78, 5) is 9.84. The molecule has 0 rings (SSSR count). The van der Waals surface area contributed by atoms with Gasteiger partial charge in [-0.05, 0) is 0 Å². The van der Waals surface area contributed by atoms with Crippen molar-refractivity contribution in [3.8, 4) is 0 Å². The molecule has 0 saturated carbocycles. The van der Waals surface area contributed by atoms with Gasteiger partial charge < -0.3 is 4.74 Å². The molecule has 0 unspecified atom stereocenters. The van der Waals surface area contributed by atoms with Gasteiger partial charge in [-0.1, -0.05) is 39.1 Å². The summed E-state index contributed by atoms with van der Waals surface area (Å²) in [6.45, 7) is 12.8. The number of carbonyl (C=O) groups is 1. The van der Waals surface area contributed by atoms with Crippen molar-refractivity contribution in [2.24, 2.45) is 0 Å². The second-order valence-corrected chi connectivity index (χ2v) is 15.0. The molecule has 0 N–H and O–H groups in total. The molecule has 0 spiro atoms. The predicted molar refractivity (Wildman–Crippen MR) is 64.7 cm³/mol. The van der Waals surface area contributed by atoms with Gasteiger partial charge in [-0.25, -0.2) is 4.79 Å². The van der Waals surface area contributed by atoms with Crippen molar-refractivity contribution in [1.29, 1.82) is 0 Å². The molecule has 0 heterocycles. The van der Waals surface area contributed by atoms with Crippen molar-refractivity contribution in [3.05, 3.63) is 12.7 Å². The minimum absolute atomic E-state index is 0.0895. The monoisotopic (exact) mass is 218 g/mol. The highest BCUT2D eigenvalue weighted by atomic mass is 29.2. The van der Waals surface area contributed by atoms with Crippen molar-refractivity contribution in [1.82, 2.24) is 0 Å². The molecule has 4 heteroatoms. The van der Waals surface area contributed by atoms with Gasteiger partial charge in [0.05, 0.1) is 7.11 Å². The summed E-state index contributed by atoms with van der Waals surface area (Å²) in [6.07, 6.45) is 1.11. The summed E-state index contributed by atoms with van der Waals surface area (Å²) < 4.78 is 4.14. The third-order valence-corrected chi connectivity index (χ3v) is 8.85. The van der Waals surface area contributed by atoms with Crippen molar-refractivity contribution < 1.29 is 9.53 Å². The number of esters is 1. The van der Waals surface area contributed by atoms with Crippen LogP contribution < -0.4 is 0 Å². The first-order valence-corrected chi connectivity index (χ1v) is 11.0. The van der Waals surface area contributed by atoms with Crippen LogP contribution in [-0.2, 0) is 9.53 Å². The minimum Gasteiger partial charge on any atom is -0.466 e. The molecule has 13 heavy (non-hydrogen) atoms. The van der Waals surface area contributed by atoms with Gasteiger partial charge in [0.1, 0.15) is 0 Å². The standard InChI is InChI=1S/C5H16Si2.C4H6O2/c1-5(2)6-7(3)4;1-3-4(5)6-2/h5,7H,6H2,1-4H3;3H,1H2,2H3. The second-order valence-electron chi connectivity index (χ2n) is 3.75. The van der Waals surface area contributed by atoms with Gasteiger partial charge in [-0.3, -0.25) is 0 Å². The molecule has 0 aromatic rings. The van der Waals surface area contributed by atoms with Crippen LogP contribution >= 0.6 is 0 Å². The van der Waals surface area contributed by atoms with Crippen molar-refractivity contribution >= 4 is 23.3 Å². The normalized spacial score (nSPS) is 10.1. The van der Waals surface area contributed by atoms with Crippen LogP contribution in [0.2, 0.25) is 18.6 Å². The number of ether oxygens (including phenoxy) is 1. The maximum Gasteiger partial charge on any atom is 0.329 e. The predicted octanol–water partition coefficient (Wildman–Crippen LogP) is 1.31. The summed E-state index contributed by atoms with van der Waals surface area (Å²) in [6, 6.07) is 0. The molecule has 0 atom stereocenters. The zero-order chi connectivity index (χ0) is 10.9. The SMILES string of the molecule is C=CC(=O)OC.CC(C)[SiH2][SiH](C)C. The first-order chi connectivity index (χ1) is 5.93. The van der Waals surface area contributed by atoms with Crippen LogP contribution in [-0.4, -0.2) is 30.4 Å². The largest absolute Gasteiger partial charge is 0.466 e. The van der Waals surface area contributed by atoms with Gasteiger partial charge in [0.25, 0.3) is 0 Å². The fourth-order valence-electron chi connectivity index (χ4n) is 1.03. The molecule has 78 valence electrons. The van der Waals surface area contributed by atoms with Gasteiger partial charge in [0, 0.05) is 23.4 Å². The number of rotatable bonds is 3. The minimum atomic E-state index is -0.394. The third-order valence-electron chi connectivity index (χ3n) is 1.31. The molecule has 0 saturated heterocycles. The molecule has 0 aliphatic carbocycles. The highest BCUT2D eigenvalue weighted by molar-refractivity contribution is 7.11. The number of hydrogen-bond acceptors (Lipinski definition) is 2. The number of carbonyl (C=O) groups excluding carboxylic acids is 1. The van der Waals surface area contributed by atoms with E-state index in [9.17, 15) is 4.79 Å². The first kappa shape index (κ1) is 15.1. The molecule has 0 bridgehead atoms. The lowest BCUT2D eigenvalue weighted by atomic mass is 10.6. The van der Waals surface area contributed by atoms with Gasteiger partial charge in [-0.15, -0.1) is 0 Å². The third kappa shape index (κ3) is 18.5. The van der Waals surface area contributed by atoms with E-state index in [4.69, 9.17) is 0 Å². The lowest BCUT2D eigenvalue weighted by molar-refractivity contribution is -0.134. The number of methoxy groups -OCH3 is 1. The smallest absolute Gasteiger partial charge is 0.329 e.